The number of Topliss-reactive ketones (excluding diaryl/α,β-unsaturated/α-hetero) is 1. The maximum atomic E-state index is 13.5. The summed E-state index contributed by atoms with van der Waals surface area (Å²) in [5.41, 5.74) is 0.154. The van der Waals surface area contributed by atoms with Crippen LogP contribution in [-0.4, -0.2) is 64.9 Å². The summed E-state index contributed by atoms with van der Waals surface area (Å²) in [6.07, 6.45) is 3.59. The molecule has 1 saturated heterocycles. The predicted octanol–water partition coefficient (Wildman–Crippen LogP) is 3.29. The Balaban J connectivity index is 2.05. The normalized spacial score (nSPS) is 16.4. The SMILES string of the molecule is CCCCC(CN(O)C=O)C(=O)NC(C(=O)N1CCC(C(=O)c2ccccc2)CC1)C(C)(C)C. The Hall–Kier alpha value is -2.74. The molecule has 0 aromatic heterocycles. The van der Waals surface area contributed by atoms with Gasteiger partial charge >= 0.3 is 0 Å². The highest BCUT2D eigenvalue weighted by Crippen LogP contribution is 2.26. The highest BCUT2D eigenvalue weighted by Gasteiger charge is 2.38. The Morgan fingerprint density at radius 3 is 2.32 bits per heavy atom. The predicted molar refractivity (Wildman–Crippen MR) is 129 cm³/mol. The van der Waals surface area contributed by atoms with Gasteiger partial charge in [0.05, 0.1) is 12.5 Å². The zero-order chi connectivity index (χ0) is 25.3. The number of nitrogens with one attached hydrogen (secondary N) is 1. The maximum Gasteiger partial charge on any atom is 0.245 e. The van der Waals surface area contributed by atoms with Gasteiger partial charge in [-0.3, -0.25) is 24.4 Å². The van der Waals surface area contributed by atoms with Crippen LogP contribution >= 0.6 is 0 Å². The van der Waals surface area contributed by atoms with Crippen molar-refractivity contribution in [2.24, 2.45) is 17.3 Å². The number of hydrogen-bond donors (Lipinski definition) is 2. The summed E-state index contributed by atoms with van der Waals surface area (Å²) >= 11 is 0. The average molecular weight is 474 g/mol. The first kappa shape index (κ1) is 27.5. The van der Waals surface area contributed by atoms with Crippen LogP contribution in [0.2, 0.25) is 0 Å². The van der Waals surface area contributed by atoms with Crippen LogP contribution < -0.4 is 5.32 Å². The Bertz CT molecular complexity index is 829. The van der Waals surface area contributed by atoms with E-state index in [9.17, 15) is 24.4 Å². The van der Waals surface area contributed by atoms with E-state index in [4.69, 9.17) is 0 Å². The number of benzene rings is 1. The fraction of sp³-hybridized carbons (Fsp3) is 0.615. The van der Waals surface area contributed by atoms with Crippen LogP contribution in [-0.2, 0) is 14.4 Å². The van der Waals surface area contributed by atoms with E-state index in [1.54, 1.807) is 4.90 Å². The Morgan fingerprint density at radius 1 is 1.18 bits per heavy atom. The summed E-state index contributed by atoms with van der Waals surface area (Å²) in [5.74, 6) is -1.14. The van der Waals surface area contributed by atoms with Gasteiger partial charge in [-0.2, -0.15) is 0 Å². The van der Waals surface area contributed by atoms with Gasteiger partial charge in [0, 0.05) is 24.6 Å². The number of unbranched alkanes of at least 4 members (excludes halogenated alkanes) is 1. The van der Waals surface area contributed by atoms with Crippen molar-refractivity contribution in [1.82, 2.24) is 15.3 Å². The van der Waals surface area contributed by atoms with Crippen LogP contribution in [0.5, 0.6) is 0 Å². The lowest BCUT2D eigenvalue weighted by atomic mass is 9.83. The molecule has 2 unspecified atom stereocenters. The van der Waals surface area contributed by atoms with Crippen molar-refractivity contribution >= 4 is 24.0 Å². The van der Waals surface area contributed by atoms with Crippen LogP contribution in [0.25, 0.3) is 0 Å². The van der Waals surface area contributed by atoms with E-state index in [0.717, 1.165) is 12.8 Å². The van der Waals surface area contributed by atoms with Crippen molar-refractivity contribution in [3.8, 4) is 0 Å². The molecular weight excluding hydrogens is 434 g/mol. The number of carbonyl (C=O) groups is 4. The molecular formula is C26H39N3O5. The van der Waals surface area contributed by atoms with Gasteiger partial charge in [0.25, 0.3) is 0 Å². The minimum Gasteiger partial charge on any atom is -0.344 e. The van der Waals surface area contributed by atoms with Gasteiger partial charge in [-0.25, -0.2) is 5.06 Å². The highest BCUT2D eigenvalue weighted by molar-refractivity contribution is 5.98. The molecule has 0 aliphatic carbocycles. The first-order valence-corrected chi connectivity index (χ1v) is 12.2. The molecule has 8 nitrogen and oxygen atoms in total. The van der Waals surface area contributed by atoms with E-state index in [0.29, 0.717) is 43.0 Å². The second-order valence-electron chi connectivity index (χ2n) is 10.2. The van der Waals surface area contributed by atoms with Gasteiger partial charge in [0.1, 0.15) is 6.04 Å². The number of piperidine rings is 1. The summed E-state index contributed by atoms with van der Waals surface area (Å²) in [6.45, 7) is 8.48. The lowest BCUT2D eigenvalue weighted by Crippen LogP contribution is -2.57. The lowest BCUT2D eigenvalue weighted by molar-refractivity contribution is -0.155. The minimum absolute atomic E-state index is 0.107. The van der Waals surface area contributed by atoms with Crippen molar-refractivity contribution in [2.45, 2.75) is 65.8 Å². The van der Waals surface area contributed by atoms with Gasteiger partial charge in [-0.15, -0.1) is 0 Å². The molecule has 1 aliphatic heterocycles. The summed E-state index contributed by atoms with van der Waals surface area (Å²) in [5, 5.41) is 13.0. The van der Waals surface area contributed by atoms with E-state index in [1.807, 2.05) is 58.0 Å². The monoisotopic (exact) mass is 473 g/mol. The number of hydroxylamine groups is 2. The van der Waals surface area contributed by atoms with E-state index in [-0.39, 0.29) is 36.5 Å². The summed E-state index contributed by atoms with van der Waals surface area (Å²) in [4.78, 5) is 51.9. The number of carbonyl (C=O) groups excluding carboxylic acids is 4. The molecule has 1 aromatic rings. The quantitative estimate of drug-likeness (QED) is 0.222. The van der Waals surface area contributed by atoms with Crippen molar-refractivity contribution in [2.75, 3.05) is 19.6 Å². The Morgan fingerprint density at radius 2 is 1.79 bits per heavy atom. The van der Waals surface area contributed by atoms with Gasteiger partial charge in [-0.05, 0) is 24.7 Å². The maximum absolute atomic E-state index is 13.5. The van der Waals surface area contributed by atoms with Gasteiger partial charge in [0.2, 0.25) is 18.2 Å². The number of likely N-dealkylation sites (tertiary alicyclic amines) is 1. The van der Waals surface area contributed by atoms with E-state index in [2.05, 4.69) is 5.32 Å². The van der Waals surface area contributed by atoms with Crippen LogP contribution in [0.15, 0.2) is 30.3 Å². The second-order valence-corrected chi connectivity index (χ2v) is 10.2. The third-order valence-corrected chi connectivity index (χ3v) is 6.44. The molecule has 8 heteroatoms. The molecule has 0 radical (unpaired) electrons. The number of amides is 3. The van der Waals surface area contributed by atoms with E-state index in [1.165, 1.54) is 0 Å². The molecule has 2 atom stereocenters. The molecule has 1 heterocycles. The second kappa shape index (κ2) is 12.6. The van der Waals surface area contributed by atoms with Crippen LogP contribution in [0, 0.1) is 17.3 Å². The zero-order valence-corrected chi connectivity index (χ0v) is 20.8. The molecule has 1 aromatic carbocycles. The van der Waals surface area contributed by atoms with Gasteiger partial charge in [-0.1, -0.05) is 70.9 Å². The molecule has 1 aliphatic rings. The topological polar surface area (TPSA) is 107 Å². The van der Waals surface area contributed by atoms with Crippen molar-refractivity contribution < 1.29 is 24.4 Å². The molecule has 2 N–H and O–H groups in total. The lowest BCUT2D eigenvalue weighted by Gasteiger charge is -2.38. The Kier molecular flexibility index (Phi) is 10.2. The van der Waals surface area contributed by atoms with E-state index >= 15 is 0 Å². The molecule has 2 rings (SSSR count). The molecule has 3 amide bonds. The third-order valence-electron chi connectivity index (χ3n) is 6.44. The summed E-state index contributed by atoms with van der Waals surface area (Å²) in [7, 11) is 0. The third kappa shape index (κ3) is 7.65. The first-order chi connectivity index (χ1) is 16.1. The van der Waals surface area contributed by atoms with Gasteiger partial charge < -0.3 is 10.2 Å². The molecule has 1 fully saturated rings. The minimum atomic E-state index is -0.756. The molecule has 34 heavy (non-hydrogen) atoms. The number of rotatable bonds is 11. The smallest absolute Gasteiger partial charge is 0.245 e. The van der Waals surface area contributed by atoms with Crippen molar-refractivity contribution in [3.63, 3.8) is 0 Å². The average Bonchev–Trinajstić information content (AvgIpc) is 2.83. The van der Waals surface area contributed by atoms with E-state index < -0.39 is 17.4 Å². The highest BCUT2D eigenvalue weighted by atomic mass is 16.5. The zero-order valence-electron chi connectivity index (χ0n) is 20.8. The Labute approximate surface area is 202 Å². The first-order valence-electron chi connectivity index (χ1n) is 12.2. The largest absolute Gasteiger partial charge is 0.344 e. The molecule has 0 spiro atoms. The molecule has 0 bridgehead atoms. The fourth-order valence-electron chi connectivity index (χ4n) is 4.32. The van der Waals surface area contributed by atoms with Crippen molar-refractivity contribution in [3.05, 3.63) is 35.9 Å². The molecule has 188 valence electrons. The van der Waals surface area contributed by atoms with Crippen LogP contribution in [0.1, 0.15) is 70.2 Å². The summed E-state index contributed by atoms with van der Waals surface area (Å²) in [6, 6.07) is 8.45. The van der Waals surface area contributed by atoms with Crippen LogP contribution in [0.4, 0.5) is 0 Å². The van der Waals surface area contributed by atoms with Gasteiger partial charge in [0.15, 0.2) is 5.78 Å². The standard InChI is InChI=1S/C26H39N3O5/c1-5-6-10-21(17-29(34)18-30)24(32)27-23(26(2,3)4)25(33)28-15-13-20(14-16-28)22(31)19-11-8-7-9-12-19/h7-9,11-12,18,20-21,23,34H,5-6,10,13-17H2,1-4H3,(H,27,32). The molecule has 0 saturated carbocycles. The van der Waals surface area contributed by atoms with Crippen LogP contribution in [0.3, 0.4) is 0 Å². The number of ketones is 1. The van der Waals surface area contributed by atoms with Crippen molar-refractivity contribution in [1.29, 1.82) is 0 Å². The summed E-state index contributed by atoms with van der Waals surface area (Å²) < 4.78 is 0. The number of nitrogens with zero attached hydrogens (tertiary/aromatic N) is 2. The number of hydrogen-bond acceptors (Lipinski definition) is 5. The fourth-order valence-corrected chi connectivity index (χ4v) is 4.32.